The van der Waals surface area contributed by atoms with Gasteiger partial charge in [0.25, 0.3) is 5.91 Å². The Bertz CT molecular complexity index is 718. The molecule has 1 aromatic carbocycles. The molecule has 1 aromatic rings. The van der Waals surface area contributed by atoms with Crippen LogP contribution < -0.4 is 0 Å². The second-order valence-corrected chi connectivity index (χ2v) is 8.48. The Morgan fingerprint density at radius 1 is 1.11 bits per heavy atom. The van der Waals surface area contributed by atoms with E-state index in [-0.39, 0.29) is 11.8 Å². The molecule has 2 amide bonds. The van der Waals surface area contributed by atoms with Crippen molar-refractivity contribution < 1.29 is 14.3 Å². The van der Waals surface area contributed by atoms with Gasteiger partial charge in [0.1, 0.15) is 11.8 Å². The van der Waals surface area contributed by atoms with Crippen molar-refractivity contribution in [1.29, 1.82) is 0 Å². The van der Waals surface area contributed by atoms with Crippen molar-refractivity contribution in [1.82, 2.24) is 9.80 Å². The van der Waals surface area contributed by atoms with Gasteiger partial charge < -0.3 is 9.64 Å². The molecular formula is C22H30N2O3. The molecule has 1 saturated carbocycles. The highest BCUT2D eigenvalue weighted by Gasteiger charge is 2.54. The van der Waals surface area contributed by atoms with Crippen LogP contribution in [0, 0.1) is 12.8 Å². The summed E-state index contributed by atoms with van der Waals surface area (Å²) in [6.45, 7) is 6.12. The van der Waals surface area contributed by atoms with Crippen LogP contribution in [0.4, 0.5) is 0 Å². The minimum absolute atomic E-state index is 0.0577. The Labute approximate surface area is 161 Å². The van der Waals surface area contributed by atoms with Gasteiger partial charge in [0.05, 0.1) is 6.61 Å². The standard InChI is InChI=1S/C22H30N2O3/c1-16-9-11-22(12-10-16)24(20(25)18-8-4-3-7-17(18)2)19(15-27-22)21(26)23-13-5-6-14-23/h3-4,7-8,16,19H,5-6,9-15H2,1-2H3/t16?,19-,22?/m0/s1. The first-order valence-corrected chi connectivity index (χ1v) is 10.3. The van der Waals surface area contributed by atoms with E-state index in [1.165, 1.54) is 0 Å². The van der Waals surface area contributed by atoms with E-state index in [0.717, 1.165) is 57.2 Å². The molecule has 4 rings (SSSR count). The molecule has 2 saturated heterocycles. The number of hydrogen-bond donors (Lipinski definition) is 0. The Morgan fingerprint density at radius 2 is 1.78 bits per heavy atom. The predicted octanol–water partition coefficient (Wildman–Crippen LogP) is 3.36. The lowest BCUT2D eigenvalue weighted by atomic mass is 9.83. The van der Waals surface area contributed by atoms with Crippen molar-refractivity contribution in [2.75, 3.05) is 19.7 Å². The lowest BCUT2D eigenvalue weighted by Gasteiger charge is -2.43. The van der Waals surface area contributed by atoms with Crippen LogP contribution >= 0.6 is 0 Å². The first-order valence-electron chi connectivity index (χ1n) is 10.3. The summed E-state index contributed by atoms with van der Waals surface area (Å²) < 4.78 is 6.28. The van der Waals surface area contributed by atoms with Gasteiger partial charge in [-0.15, -0.1) is 0 Å². The first kappa shape index (κ1) is 18.5. The van der Waals surface area contributed by atoms with Crippen LogP contribution in [0.5, 0.6) is 0 Å². The number of nitrogens with zero attached hydrogens (tertiary/aromatic N) is 2. The van der Waals surface area contributed by atoms with E-state index in [9.17, 15) is 9.59 Å². The first-order chi connectivity index (χ1) is 13.0. The molecule has 0 N–H and O–H groups in total. The average Bonchev–Trinajstić information content (AvgIpc) is 3.32. The minimum atomic E-state index is -0.619. The van der Waals surface area contributed by atoms with Crippen LogP contribution in [-0.2, 0) is 9.53 Å². The summed E-state index contributed by atoms with van der Waals surface area (Å²) in [5.41, 5.74) is 1.01. The Morgan fingerprint density at radius 3 is 2.44 bits per heavy atom. The largest absolute Gasteiger partial charge is 0.353 e. The highest BCUT2D eigenvalue weighted by molar-refractivity contribution is 5.99. The highest BCUT2D eigenvalue weighted by Crippen LogP contribution is 2.43. The van der Waals surface area contributed by atoms with Crippen molar-refractivity contribution in [2.24, 2.45) is 5.92 Å². The highest BCUT2D eigenvalue weighted by atomic mass is 16.5. The molecule has 0 radical (unpaired) electrons. The lowest BCUT2D eigenvalue weighted by molar-refractivity contribution is -0.136. The van der Waals surface area contributed by atoms with Crippen molar-refractivity contribution in [3.63, 3.8) is 0 Å². The Balaban J connectivity index is 1.68. The maximum Gasteiger partial charge on any atom is 0.257 e. The van der Waals surface area contributed by atoms with Crippen LogP contribution in [0.25, 0.3) is 0 Å². The number of rotatable bonds is 2. The van der Waals surface area contributed by atoms with E-state index in [1.54, 1.807) is 0 Å². The van der Waals surface area contributed by atoms with Crippen molar-refractivity contribution in [3.8, 4) is 0 Å². The number of carbonyl (C=O) groups excluding carboxylic acids is 2. The summed E-state index contributed by atoms with van der Waals surface area (Å²) in [4.78, 5) is 30.6. The Hall–Kier alpha value is -1.88. The number of aryl methyl sites for hydroxylation is 1. The molecule has 0 aromatic heterocycles. The zero-order valence-corrected chi connectivity index (χ0v) is 16.4. The van der Waals surface area contributed by atoms with Gasteiger partial charge in [-0.1, -0.05) is 25.1 Å². The lowest BCUT2D eigenvalue weighted by Crippen LogP contribution is -2.57. The number of likely N-dealkylation sites (tertiary alicyclic amines) is 1. The fourth-order valence-corrected chi connectivity index (χ4v) is 4.86. The molecule has 0 bridgehead atoms. The van der Waals surface area contributed by atoms with Crippen LogP contribution in [0.2, 0.25) is 0 Å². The van der Waals surface area contributed by atoms with E-state index in [2.05, 4.69) is 6.92 Å². The summed E-state index contributed by atoms with van der Waals surface area (Å²) in [7, 11) is 0. The third kappa shape index (κ3) is 3.27. The molecule has 2 heterocycles. The van der Waals surface area contributed by atoms with Gasteiger partial charge in [-0.05, 0) is 63.0 Å². The molecule has 146 valence electrons. The van der Waals surface area contributed by atoms with Gasteiger partial charge in [-0.3, -0.25) is 14.5 Å². The zero-order valence-electron chi connectivity index (χ0n) is 16.4. The fraction of sp³-hybridized carbons (Fsp3) is 0.636. The van der Waals surface area contributed by atoms with Gasteiger partial charge >= 0.3 is 0 Å². The molecule has 0 unspecified atom stereocenters. The third-order valence-electron chi connectivity index (χ3n) is 6.61. The topological polar surface area (TPSA) is 49.9 Å². The van der Waals surface area contributed by atoms with Crippen molar-refractivity contribution in [3.05, 3.63) is 35.4 Å². The molecule has 1 aliphatic carbocycles. The SMILES string of the molecule is Cc1ccccc1C(=O)N1[C@H](C(=O)N2CCCC2)COC12CCC(C)CC2. The van der Waals surface area contributed by atoms with Gasteiger partial charge in [-0.2, -0.15) is 0 Å². The monoisotopic (exact) mass is 370 g/mol. The van der Waals surface area contributed by atoms with E-state index >= 15 is 0 Å². The van der Waals surface area contributed by atoms with Crippen molar-refractivity contribution in [2.45, 2.75) is 64.1 Å². The molecule has 1 atom stereocenters. The third-order valence-corrected chi connectivity index (χ3v) is 6.61. The van der Waals surface area contributed by atoms with E-state index < -0.39 is 11.8 Å². The molecular weight excluding hydrogens is 340 g/mol. The molecule has 27 heavy (non-hydrogen) atoms. The van der Waals surface area contributed by atoms with Gasteiger partial charge in [0.2, 0.25) is 5.91 Å². The maximum atomic E-state index is 13.6. The average molecular weight is 370 g/mol. The maximum absolute atomic E-state index is 13.6. The van der Waals surface area contributed by atoms with Crippen LogP contribution in [0.15, 0.2) is 24.3 Å². The molecule has 1 spiro atoms. The molecule has 2 aliphatic heterocycles. The molecule has 3 fully saturated rings. The van der Waals surface area contributed by atoms with Gasteiger partial charge in [0, 0.05) is 18.7 Å². The quantitative estimate of drug-likeness (QED) is 0.802. The fourth-order valence-electron chi connectivity index (χ4n) is 4.86. The summed E-state index contributed by atoms with van der Waals surface area (Å²) in [5, 5.41) is 0. The van der Waals surface area contributed by atoms with Gasteiger partial charge in [-0.25, -0.2) is 0 Å². The van der Waals surface area contributed by atoms with E-state index in [0.29, 0.717) is 18.1 Å². The summed E-state index contributed by atoms with van der Waals surface area (Å²) in [5.74, 6) is 0.644. The molecule has 3 aliphatic rings. The number of carbonyl (C=O) groups is 2. The van der Waals surface area contributed by atoms with E-state index in [4.69, 9.17) is 4.74 Å². The number of amides is 2. The molecule has 5 nitrogen and oxygen atoms in total. The summed E-state index contributed by atoms with van der Waals surface area (Å²) >= 11 is 0. The second kappa shape index (κ2) is 7.27. The van der Waals surface area contributed by atoms with Crippen LogP contribution in [0.1, 0.15) is 61.4 Å². The van der Waals surface area contributed by atoms with Crippen LogP contribution in [-0.4, -0.2) is 53.1 Å². The number of benzene rings is 1. The number of hydrogen-bond acceptors (Lipinski definition) is 3. The summed E-state index contributed by atoms with van der Waals surface area (Å²) in [6, 6.07) is 7.16. The summed E-state index contributed by atoms with van der Waals surface area (Å²) in [6.07, 6.45) is 5.79. The predicted molar refractivity (Wildman–Crippen MR) is 103 cm³/mol. The smallest absolute Gasteiger partial charge is 0.257 e. The van der Waals surface area contributed by atoms with E-state index in [1.807, 2.05) is 41.0 Å². The molecule has 5 heteroatoms. The Kier molecular flexibility index (Phi) is 4.97. The van der Waals surface area contributed by atoms with Gasteiger partial charge in [0.15, 0.2) is 0 Å². The normalized spacial score (nSPS) is 30.9. The number of ether oxygens (including phenoxy) is 1. The zero-order chi connectivity index (χ0) is 19.0. The second-order valence-electron chi connectivity index (χ2n) is 8.48. The van der Waals surface area contributed by atoms with Crippen molar-refractivity contribution >= 4 is 11.8 Å². The van der Waals surface area contributed by atoms with Crippen LogP contribution in [0.3, 0.4) is 0 Å². The minimum Gasteiger partial charge on any atom is -0.353 e.